The molecule has 0 aliphatic carbocycles. The van der Waals surface area contributed by atoms with Crippen LogP contribution in [0.5, 0.6) is 11.5 Å². The predicted molar refractivity (Wildman–Crippen MR) is 130 cm³/mol. The Morgan fingerprint density at radius 1 is 1.14 bits per heavy atom. The molecular weight excluding hydrogens is 484 g/mol. The lowest BCUT2D eigenvalue weighted by Gasteiger charge is -2.16. The molecule has 4 atom stereocenters. The minimum absolute atomic E-state index is 0.162. The molecule has 0 radical (unpaired) electrons. The van der Waals surface area contributed by atoms with Crippen molar-refractivity contribution in [3.05, 3.63) is 35.9 Å². The molecule has 0 bridgehead atoms. The summed E-state index contributed by atoms with van der Waals surface area (Å²) in [6.07, 6.45) is -2.47. The zero-order chi connectivity index (χ0) is 26.1. The maximum atomic E-state index is 10.8. The van der Waals surface area contributed by atoms with Crippen LogP contribution in [0.15, 0.2) is 24.5 Å². The zero-order valence-corrected chi connectivity index (χ0v) is 20.5. The molecule has 1 fully saturated rings. The Morgan fingerprint density at radius 3 is 2.68 bits per heavy atom. The number of rotatable bonds is 9. The summed E-state index contributed by atoms with van der Waals surface area (Å²) in [6.45, 7) is 2.87. The van der Waals surface area contributed by atoms with Gasteiger partial charge in [0.05, 0.1) is 27.1 Å². The number of aromatic nitrogens is 8. The van der Waals surface area contributed by atoms with E-state index in [0.29, 0.717) is 42.2 Å². The summed E-state index contributed by atoms with van der Waals surface area (Å²) in [7, 11) is 3.18. The van der Waals surface area contributed by atoms with E-state index in [2.05, 4.69) is 35.7 Å². The normalized spacial score (nSPS) is 21.4. The van der Waals surface area contributed by atoms with Crippen LogP contribution in [0.1, 0.15) is 30.6 Å². The number of benzene rings is 1. The van der Waals surface area contributed by atoms with E-state index in [1.165, 1.54) is 15.7 Å². The Balaban J connectivity index is 1.34. The molecule has 15 nitrogen and oxygen atoms in total. The molecule has 1 aromatic carbocycles. The van der Waals surface area contributed by atoms with Gasteiger partial charge in [-0.3, -0.25) is 4.57 Å². The number of aliphatic hydroxyl groups is 2. The first kappa shape index (κ1) is 24.6. The summed E-state index contributed by atoms with van der Waals surface area (Å²) in [4.78, 5) is 14.5. The van der Waals surface area contributed by atoms with Gasteiger partial charge in [0.2, 0.25) is 11.8 Å². The molecule has 0 unspecified atom stereocenters. The van der Waals surface area contributed by atoms with Crippen LogP contribution in [0.3, 0.4) is 0 Å². The van der Waals surface area contributed by atoms with Gasteiger partial charge in [0.15, 0.2) is 35.3 Å². The van der Waals surface area contributed by atoms with Crippen LogP contribution in [0.2, 0.25) is 0 Å². The quantitative estimate of drug-likeness (QED) is 0.236. The molecule has 3 aromatic heterocycles. The van der Waals surface area contributed by atoms with Gasteiger partial charge in [-0.2, -0.15) is 14.8 Å². The van der Waals surface area contributed by atoms with Crippen LogP contribution in [-0.2, 0) is 17.7 Å². The van der Waals surface area contributed by atoms with Gasteiger partial charge in [0.25, 0.3) is 0 Å². The first-order valence-corrected chi connectivity index (χ1v) is 11.7. The van der Waals surface area contributed by atoms with E-state index in [9.17, 15) is 10.2 Å². The van der Waals surface area contributed by atoms with E-state index in [4.69, 9.17) is 19.9 Å². The smallest absolute Gasteiger partial charge is 0.226 e. The summed E-state index contributed by atoms with van der Waals surface area (Å²) >= 11 is 0. The van der Waals surface area contributed by atoms with Gasteiger partial charge in [-0.25, -0.2) is 4.98 Å². The molecule has 1 aliphatic rings. The molecule has 196 valence electrons. The van der Waals surface area contributed by atoms with E-state index in [1.807, 2.05) is 25.1 Å². The first-order valence-electron chi connectivity index (χ1n) is 11.7. The lowest BCUT2D eigenvalue weighted by atomic mass is 10.1. The van der Waals surface area contributed by atoms with Crippen LogP contribution in [0.25, 0.3) is 11.2 Å². The highest BCUT2D eigenvalue weighted by molar-refractivity contribution is 5.83. The number of hydrogen-bond donors (Lipinski definition) is 4. The van der Waals surface area contributed by atoms with Crippen molar-refractivity contribution >= 4 is 22.9 Å². The fourth-order valence-electron chi connectivity index (χ4n) is 4.16. The molecule has 0 amide bonds. The number of anilines is 2. The number of fused-ring (bicyclic) bond motifs is 1. The number of imidazole rings is 1. The van der Waals surface area contributed by atoms with Crippen molar-refractivity contribution in [2.75, 3.05) is 31.8 Å². The van der Waals surface area contributed by atoms with Crippen molar-refractivity contribution in [1.82, 2.24) is 39.7 Å². The third-order valence-electron chi connectivity index (χ3n) is 6.11. The van der Waals surface area contributed by atoms with Gasteiger partial charge in [-0.15, -0.1) is 10.2 Å². The van der Waals surface area contributed by atoms with E-state index >= 15 is 0 Å². The number of tetrazole rings is 1. The van der Waals surface area contributed by atoms with Gasteiger partial charge in [-0.1, -0.05) is 6.07 Å². The topological polar surface area (TPSA) is 193 Å². The second-order valence-corrected chi connectivity index (χ2v) is 8.39. The lowest BCUT2D eigenvalue weighted by Crippen LogP contribution is -2.29. The third-order valence-corrected chi connectivity index (χ3v) is 6.11. The Hall–Kier alpha value is -4.08. The van der Waals surface area contributed by atoms with E-state index in [0.717, 1.165) is 5.56 Å². The van der Waals surface area contributed by atoms with E-state index in [-0.39, 0.29) is 17.6 Å². The average Bonchev–Trinajstić information content (AvgIpc) is 3.62. The molecule has 37 heavy (non-hydrogen) atoms. The predicted octanol–water partition coefficient (Wildman–Crippen LogP) is 0.0786. The molecule has 5 N–H and O–H groups in total. The minimum Gasteiger partial charge on any atom is -0.493 e. The Labute approximate surface area is 211 Å². The van der Waals surface area contributed by atoms with Crippen LogP contribution in [-0.4, -0.2) is 82.9 Å². The largest absolute Gasteiger partial charge is 0.493 e. The summed E-state index contributed by atoms with van der Waals surface area (Å²) in [5.74, 6) is 1.92. The highest BCUT2D eigenvalue weighted by atomic mass is 16.6. The van der Waals surface area contributed by atoms with E-state index in [1.54, 1.807) is 14.2 Å². The number of aliphatic hydroxyl groups excluding tert-OH is 2. The Morgan fingerprint density at radius 2 is 1.95 bits per heavy atom. The number of nitrogens with two attached hydrogens (primary N) is 1. The van der Waals surface area contributed by atoms with Gasteiger partial charge in [-0.05, 0) is 36.3 Å². The van der Waals surface area contributed by atoms with Crippen molar-refractivity contribution in [3.63, 3.8) is 0 Å². The Kier molecular flexibility index (Phi) is 6.73. The standard InChI is InChI=1S/C22H28N10O5/c1-4-32-29-19(28-30-32)17-15(33)16(34)21(37-17)31-10-25-14-18(23)26-22(27-20(14)31)24-8-7-11-5-6-12(35-2)13(9-11)36-3/h5-6,9-10,15-17,21,33-34H,4,7-8H2,1-3H3,(H3,23,24,26,27)/t15-,16+,17-,21+/m0/s1. The number of aryl methyl sites for hydroxylation is 1. The monoisotopic (exact) mass is 512 g/mol. The second-order valence-electron chi connectivity index (χ2n) is 8.39. The van der Waals surface area contributed by atoms with Crippen LogP contribution >= 0.6 is 0 Å². The average molecular weight is 513 g/mol. The maximum absolute atomic E-state index is 10.8. The molecule has 1 aliphatic heterocycles. The van der Waals surface area contributed by atoms with Gasteiger partial charge in [0, 0.05) is 6.54 Å². The number of ether oxygens (including phenoxy) is 3. The first-order chi connectivity index (χ1) is 17.9. The van der Waals surface area contributed by atoms with Crippen molar-refractivity contribution in [3.8, 4) is 11.5 Å². The molecule has 4 aromatic rings. The van der Waals surface area contributed by atoms with Gasteiger partial charge >= 0.3 is 0 Å². The molecule has 1 saturated heterocycles. The fourth-order valence-corrected chi connectivity index (χ4v) is 4.16. The number of hydrogen-bond acceptors (Lipinski definition) is 13. The lowest BCUT2D eigenvalue weighted by molar-refractivity contribution is -0.0384. The summed E-state index contributed by atoms with van der Waals surface area (Å²) in [5, 5.41) is 36.6. The maximum Gasteiger partial charge on any atom is 0.226 e. The highest BCUT2D eigenvalue weighted by Gasteiger charge is 2.47. The fraction of sp³-hybridized carbons (Fsp3) is 0.455. The molecule has 15 heteroatoms. The van der Waals surface area contributed by atoms with Gasteiger partial charge < -0.3 is 35.5 Å². The van der Waals surface area contributed by atoms with Crippen molar-refractivity contribution in [1.29, 1.82) is 0 Å². The van der Waals surface area contributed by atoms with Crippen LogP contribution < -0.4 is 20.5 Å². The number of nitrogen functional groups attached to an aromatic ring is 1. The Bertz CT molecular complexity index is 1390. The summed E-state index contributed by atoms with van der Waals surface area (Å²) < 4.78 is 18.1. The number of methoxy groups -OCH3 is 2. The number of nitrogens with zero attached hydrogens (tertiary/aromatic N) is 8. The molecule has 4 heterocycles. The van der Waals surface area contributed by atoms with Gasteiger partial charge in [0.1, 0.15) is 17.7 Å². The van der Waals surface area contributed by atoms with Crippen LogP contribution in [0, 0.1) is 0 Å². The summed E-state index contributed by atoms with van der Waals surface area (Å²) in [5.41, 5.74) is 7.85. The molecule has 0 spiro atoms. The highest BCUT2D eigenvalue weighted by Crippen LogP contribution is 2.38. The van der Waals surface area contributed by atoms with Crippen molar-refractivity contribution in [2.24, 2.45) is 0 Å². The van der Waals surface area contributed by atoms with E-state index < -0.39 is 24.5 Å². The molecule has 5 rings (SSSR count). The number of nitrogens with one attached hydrogen (secondary N) is 1. The summed E-state index contributed by atoms with van der Waals surface area (Å²) in [6, 6.07) is 5.70. The zero-order valence-electron chi connectivity index (χ0n) is 20.5. The van der Waals surface area contributed by atoms with Crippen molar-refractivity contribution < 1.29 is 24.4 Å². The van der Waals surface area contributed by atoms with Crippen LogP contribution in [0.4, 0.5) is 11.8 Å². The second kappa shape index (κ2) is 10.1. The van der Waals surface area contributed by atoms with Crippen molar-refractivity contribution in [2.45, 2.75) is 44.4 Å². The molecule has 0 saturated carbocycles. The third kappa shape index (κ3) is 4.59. The minimum atomic E-state index is -1.30. The SMILES string of the molecule is CCn1nnc([C@H]2O[C@@H](n3cnc4c(N)nc(NCCc5ccc(OC)c(OC)c5)nc43)[C@H](O)[C@@H]2O)n1. The molecular formula is C22H28N10O5.